The molecule has 0 bridgehead atoms. The van der Waals surface area contributed by atoms with Crippen molar-refractivity contribution in [2.24, 2.45) is 5.92 Å². The molecule has 0 spiro atoms. The van der Waals surface area contributed by atoms with Crippen molar-refractivity contribution in [2.45, 2.75) is 0 Å². The predicted octanol–water partition coefficient (Wildman–Crippen LogP) is 1.71. The van der Waals surface area contributed by atoms with Crippen LogP contribution in [0, 0.1) is 34.0 Å². The highest BCUT2D eigenvalue weighted by Gasteiger charge is 2.14. The minimum Gasteiger partial charge on any atom is -0.441 e. The predicted molar refractivity (Wildman–Crippen MR) is 49.5 cm³/mol. The van der Waals surface area contributed by atoms with Gasteiger partial charge in [-0.25, -0.2) is 0 Å². The third-order valence-electron chi connectivity index (χ3n) is 1.49. The Morgan fingerprint density at radius 2 is 1.79 bits per heavy atom. The molecule has 0 aliphatic rings. The van der Waals surface area contributed by atoms with Crippen LogP contribution in [0.5, 0.6) is 5.75 Å². The third-order valence-corrected chi connectivity index (χ3v) is 1.49. The molecule has 0 heterocycles. The monoisotopic (exact) mass is 185 g/mol. The lowest BCUT2D eigenvalue weighted by Crippen LogP contribution is -2.16. The van der Waals surface area contributed by atoms with E-state index in [2.05, 4.69) is 0 Å². The Balaban J connectivity index is 2.68. The van der Waals surface area contributed by atoms with Gasteiger partial charge in [-0.3, -0.25) is 5.41 Å². The zero-order valence-corrected chi connectivity index (χ0v) is 7.27. The molecule has 0 aromatic heterocycles. The first-order chi connectivity index (χ1) is 6.77. The number of hydrogen-bond donors (Lipinski definition) is 1. The molecule has 1 N–H and O–H groups in total. The maximum Gasteiger partial charge on any atom is 0.219 e. The molecule has 14 heavy (non-hydrogen) atoms. The quantitative estimate of drug-likeness (QED) is 0.562. The second kappa shape index (κ2) is 4.64. The highest BCUT2D eigenvalue weighted by atomic mass is 16.5. The fourth-order valence-electron chi connectivity index (χ4n) is 0.821. The molecule has 4 nitrogen and oxygen atoms in total. The van der Waals surface area contributed by atoms with Crippen LogP contribution in [0.25, 0.3) is 0 Å². The van der Waals surface area contributed by atoms with E-state index >= 15 is 0 Å². The van der Waals surface area contributed by atoms with Gasteiger partial charge in [-0.1, -0.05) is 18.2 Å². The Morgan fingerprint density at radius 1 is 1.21 bits per heavy atom. The van der Waals surface area contributed by atoms with Crippen LogP contribution in [0.2, 0.25) is 0 Å². The maximum absolute atomic E-state index is 8.48. The molecule has 0 saturated heterocycles. The van der Waals surface area contributed by atoms with E-state index in [1.54, 1.807) is 36.4 Å². The van der Waals surface area contributed by atoms with Gasteiger partial charge in [0.1, 0.15) is 5.75 Å². The number of nitriles is 2. The van der Waals surface area contributed by atoms with Crippen molar-refractivity contribution < 1.29 is 4.74 Å². The first kappa shape index (κ1) is 9.76. The van der Waals surface area contributed by atoms with Crippen molar-refractivity contribution >= 4 is 5.90 Å². The molecule has 1 aromatic carbocycles. The zero-order chi connectivity index (χ0) is 10.4. The molecule has 1 rings (SSSR count). The van der Waals surface area contributed by atoms with Crippen LogP contribution in [-0.4, -0.2) is 5.90 Å². The van der Waals surface area contributed by atoms with Crippen molar-refractivity contribution in [1.82, 2.24) is 0 Å². The van der Waals surface area contributed by atoms with Crippen LogP contribution in [0.1, 0.15) is 0 Å². The van der Waals surface area contributed by atoms with Crippen LogP contribution in [0.4, 0.5) is 0 Å². The SMILES string of the molecule is N#CC(C#N)C(=N)Oc1ccccc1. The molecule has 0 fully saturated rings. The van der Waals surface area contributed by atoms with Gasteiger partial charge in [0.15, 0.2) is 0 Å². The summed E-state index contributed by atoms with van der Waals surface area (Å²) < 4.78 is 5.00. The molecular formula is C10H7N3O. The van der Waals surface area contributed by atoms with Crippen LogP contribution in [0.3, 0.4) is 0 Å². The second-order valence-electron chi connectivity index (χ2n) is 2.47. The van der Waals surface area contributed by atoms with Crippen LogP contribution < -0.4 is 4.74 Å². The standard InChI is InChI=1S/C10H7N3O/c11-6-8(7-12)10(13)14-9-4-2-1-3-5-9/h1-5,8,13H. The van der Waals surface area contributed by atoms with Gasteiger partial charge in [0.25, 0.3) is 0 Å². The molecule has 0 aliphatic carbocycles. The summed E-state index contributed by atoms with van der Waals surface area (Å²) in [6.45, 7) is 0. The van der Waals surface area contributed by atoms with Gasteiger partial charge in [-0.05, 0) is 12.1 Å². The molecule has 68 valence electrons. The summed E-state index contributed by atoms with van der Waals surface area (Å²) in [4.78, 5) is 0. The summed E-state index contributed by atoms with van der Waals surface area (Å²) in [5.41, 5.74) is 0. The van der Waals surface area contributed by atoms with Crippen LogP contribution in [0.15, 0.2) is 30.3 Å². The van der Waals surface area contributed by atoms with E-state index in [1.165, 1.54) is 0 Å². The summed E-state index contributed by atoms with van der Waals surface area (Å²) in [6, 6.07) is 11.9. The van der Waals surface area contributed by atoms with Gasteiger partial charge in [-0.15, -0.1) is 0 Å². The van der Waals surface area contributed by atoms with Gasteiger partial charge >= 0.3 is 0 Å². The van der Waals surface area contributed by atoms with E-state index < -0.39 is 5.92 Å². The fraction of sp³-hybridized carbons (Fsp3) is 0.100. The van der Waals surface area contributed by atoms with E-state index in [0.29, 0.717) is 5.75 Å². The number of rotatable bonds is 2. The van der Waals surface area contributed by atoms with Gasteiger partial charge < -0.3 is 4.74 Å². The molecule has 4 heteroatoms. The number of nitrogens with one attached hydrogen (secondary N) is 1. The minimum atomic E-state index is -1.14. The van der Waals surface area contributed by atoms with Crippen molar-refractivity contribution in [1.29, 1.82) is 15.9 Å². The molecule has 0 atom stereocenters. The number of benzene rings is 1. The smallest absolute Gasteiger partial charge is 0.219 e. The zero-order valence-electron chi connectivity index (χ0n) is 7.27. The molecule has 0 aliphatic heterocycles. The Kier molecular flexibility index (Phi) is 3.23. The largest absolute Gasteiger partial charge is 0.441 e. The first-order valence-electron chi connectivity index (χ1n) is 3.88. The highest BCUT2D eigenvalue weighted by Crippen LogP contribution is 2.10. The summed E-state index contributed by atoms with van der Waals surface area (Å²) in [5, 5.41) is 24.3. The van der Waals surface area contributed by atoms with Crippen molar-refractivity contribution in [3.05, 3.63) is 30.3 Å². The lowest BCUT2D eigenvalue weighted by Gasteiger charge is -2.05. The van der Waals surface area contributed by atoms with Crippen LogP contribution >= 0.6 is 0 Å². The molecule has 0 unspecified atom stereocenters. The summed E-state index contributed by atoms with van der Waals surface area (Å²) >= 11 is 0. The van der Waals surface area contributed by atoms with Crippen molar-refractivity contribution in [3.8, 4) is 17.9 Å². The Morgan fingerprint density at radius 3 is 2.29 bits per heavy atom. The molecule has 0 saturated carbocycles. The van der Waals surface area contributed by atoms with Gasteiger partial charge in [0.05, 0.1) is 12.1 Å². The number of para-hydroxylation sites is 1. The summed E-state index contributed by atoms with van der Waals surface area (Å²) in [7, 11) is 0. The van der Waals surface area contributed by atoms with Gasteiger partial charge in [0, 0.05) is 0 Å². The fourth-order valence-corrected chi connectivity index (χ4v) is 0.821. The molecule has 1 aromatic rings. The minimum absolute atomic E-state index is 0.346. The molecule has 0 radical (unpaired) electrons. The average molecular weight is 185 g/mol. The normalized spacial score (nSPS) is 8.79. The van der Waals surface area contributed by atoms with E-state index in [-0.39, 0.29) is 5.90 Å². The van der Waals surface area contributed by atoms with E-state index in [1.807, 2.05) is 6.07 Å². The lowest BCUT2D eigenvalue weighted by molar-refractivity contribution is 0.523. The molecule has 0 amide bonds. The summed E-state index contributed by atoms with van der Waals surface area (Å²) in [6.07, 6.45) is 0. The first-order valence-corrected chi connectivity index (χ1v) is 3.88. The van der Waals surface area contributed by atoms with Gasteiger partial charge in [0.2, 0.25) is 11.8 Å². The highest BCUT2D eigenvalue weighted by molar-refractivity contribution is 5.82. The average Bonchev–Trinajstić information content (AvgIpc) is 2.21. The topological polar surface area (TPSA) is 80.7 Å². The summed E-state index contributed by atoms with van der Waals surface area (Å²) in [5.74, 6) is -1.04. The number of ether oxygens (including phenoxy) is 1. The number of hydrogen-bond acceptors (Lipinski definition) is 4. The number of nitrogens with zero attached hydrogens (tertiary/aromatic N) is 2. The van der Waals surface area contributed by atoms with Crippen LogP contribution in [-0.2, 0) is 0 Å². The van der Waals surface area contributed by atoms with Crippen molar-refractivity contribution in [3.63, 3.8) is 0 Å². The lowest BCUT2D eigenvalue weighted by atomic mass is 10.2. The van der Waals surface area contributed by atoms with E-state index in [0.717, 1.165) is 0 Å². The molecular weight excluding hydrogens is 178 g/mol. The Bertz CT molecular complexity index is 386. The van der Waals surface area contributed by atoms with E-state index in [9.17, 15) is 0 Å². The Labute approximate surface area is 81.5 Å². The third kappa shape index (κ3) is 2.33. The Hall–Kier alpha value is -2.33. The van der Waals surface area contributed by atoms with E-state index in [4.69, 9.17) is 20.7 Å². The van der Waals surface area contributed by atoms with Gasteiger partial charge in [-0.2, -0.15) is 10.5 Å². The van der Waals surface area contributed by atoms with Crippen molar-refractivity contribution in [2.75, 3.05) is 0 Å². The second-order valence-corrected chi connectivity index (χ2v) is 2.47. The maximum atomic E-state index is 8.48.